The molecular formula is C22H20N2O5. The van der Waals surface area contributed by atoms with Crippen molar-refractivity contribution >= 4 is 23.6 Å². The summed E-state index contributed by atoms with van der Waals surface area (Å²) in [7, 11) is 0. The van der Waals surface area contributed by atoms with Gasteiger partial charge in [0.25, 0.3) is 23.6 Å². The number of nitrogens with zero attached hydrogens (tertiary/aromatic N) is 2. The van der Waals surface area contributed by atoms with Crippen LogP contribution in [0.2, 0.25) is 0 Å². The van der Waals surface area contributed by atoms with E-state index in [9.17, 15) is 19.2 Å². The molecule has 0 N–H and O–H groups in total. The summed E-state index contributed by atoms with van der Waals surface area (Å²) in [6.07, 6.45) is 0. The number of amides is 4. The summed E-state index contributed by atoms with van der Waals surface area (Å²) in [5.74, 6) is -1.35. The van der Waals surface area contributed by atoms with E-state index in [0.29, 0.717) is 22.3 Å². The number of ether oxygens (including phenoxy) is 1. The lowest BCUT2D eigenvalue weighted by atomic mass is 10.1. The molecule has 148 valence electrons. The average molecular weight is 392 g/mol. The molecule has 4 amide bonds. The Morgan fingerprint density at radius 1 is 0.621 bits per heavy atom. The first-order valence-corrected chi connectivity index (χ1v) is 9.43. The second-order valence-corrected chi connectivity index (χ2v) is 7.29. The lowest BCUT2D eigenvalue weighted by Crippen LogP contribution is -2.43. The molecule has 2 aliphatic heterocycles. The van der Waals surface area contributed by atoms with E-state index in [0.717, 1.165) is 0 Å². The highest BCUT2D eigenvalue weighted by Crippen LogP contribution is 2.26. The van der Waals surface area contributed by atoms with Crippen LogP contribution in [0.5, 0.6) is 0 Å². The van der Waals surface area contributed by atoms with Crippen molar-refractivity contribution in [3.63, 3.8) is 0 Å². The van der Waals surface area contributed by atoms with Crippen LogP contribution in [0.15, 0.2) is 48.5 Å². The first kappa shape index (κ1) is 19.0. The van der Waals surface area contributed by atoms with Gasteiger partial charge in [-0.15, -0.1) is 0 Å². The van der Waals surface area contributed by atoms with Crippen LogP contribution in [-0.2, 0) is 4.74 Å². The predicted octanol–water partition coefficient (Wildman–Crippen LogP) is 2.37. The molecule has 0 saturated carbocycles. The van der Waals surface area contributed by atoms with E-state index >= 15 is 0 Å². The van der Waals surface area contributed by atoms with Gasteiger partial charge in [-0.3, -0.25) is 29.0 Å². The van der Waals surface area contributed by atoms with Crippen LogP contribution in [0.3, 0.4) is 0 Å². The summed E-state index contributed by atoms with van der Waals surface area (Å²) >= 11 is 0. The Kier molecular flexibility index (Phi) is 4.76. The molecule has 2 aliphatic rings. The molecule has 0 spiro atoms. The molecule has 0 aromatic heterocycles. The zero-order chi connectivity index (χ0) is 20.7. The molecule has 4 rings (SSSR count). The molecule has 2 aromatic rings. The normalized spacial score (nSPS) is 17.6. The summed E-state index contributed by atoms with van der Waals surface area (Å²) in [5, 5.41) is 0. The van der Waals surface area contributed by atoms with Crippen molar-refractivity contribution in [1.29, 1.82) is 0 Å². The maximum atomic E-state index is 12.5. The number of hydrogen-bond donors (Lipinski definition) is 0. The van der Waals surface area contributed by atoms with Gasteiger partial charge in [0.15, 0.2) is 0 Å². The highest BCUT2D eigenvalue weighted by Gasteiger charge is 2.40. The summed E-state index contributed by atoms with van der Waals surface area (Å²) in [5.41, 5.74) is 1.57. The number of fused-ring (bicyclic) bond motifs is 2. The van der Waals surface area contributed by atoms with E-state index in [-0.39, 0.29) is 36.8 Å². The van der Waals surface area contributed by atoms with Gasteiger partial charge in [0.2, 0.25) is 0 Å². The maximum Gasteiger partial charge on any atom is 0.261 e. The third kappa shape index (κ3) is 3.03. The van der Waals surface area contributed by atoms with Gasteiger partial charge in [-0.25, -0.2) is 0 Å². The molecular weight excluding hydrogens is 372 g/mol. The highest BCUT2D eigenvalue weighted by atomic mass is 16.5. The van der Waals surface area contributed by atoms with E-state index in [1.807, 2.05) is 0 Å². The molecule has 7 nitrogen and oxygen atoms in total. The predicted molar refractivity (Wildman–Crippen MR) is 104 cm³/mol. The van der Waals surface area contributed by atoms with Crippen LogP contribution in [0.25, 0.3) is 0 Å². The van der Waals surface area contributed by atoms with Crippen LogP contribution in [0.4, 0.5) is 0 Å². The van der Waals surface area contributed by atoms with Gasteiger partial charge in [0, 0.05) is 0 Å². The van der Waals surface area contributed by atoms with Gasteiger partial charge in [0.05, 0.1) is 47.6 Å². The average Bonchev–Trinajstić information content (AvgIpc) is 3.13. The van der Waals surface area contributed by atoms with Crippen LogP contribution in [0.1, 0.15) is 55.3 Å². The van der Waals surface area contributed by atoms with E-state index < -0.39 is 12.1 Å². The Balaban J connectivity index is 1.36. The Hall–Kier alpha value is -3.32. The monoisotopic (exact) mass is 392 g/mol. The molecule has 2 unspecified atom stereocenters. The number of rotatable bonds is 6. The molecule has 0 bridgehead atoms. The lowest BCUT2D eigenvalue weighted by molar-refractivity contribution is 0.0273. The quantitative estimate of drug-likeness (QED) is 0.705. The number of imide groups is 2. The van der Waals surface area contributed by atoms with Crippen molar-refractivity contribution in [1.82, 2.24) is 9.80 Å². The van der Waals surface area contributed by atoms with Crippen molar-refractivity contribution in [3.8, 4) is 0 Å². The van der Waals surface area contributed by atoms with Gasteiger partial charge >= 0.3 is 0 Å². The van der Waals surface area contributed by atoms with E-state index in [2.05, 4.69) is 0 Å². The number of benzene rings is 2. The number of carbonyl (C=O) groups is 4. The smallest absolute Gasteiger partial charge is 0.261 e. The second-order valence-electron chi connectivity index (χ2n) is 7.29. The molecule has 7 heteroatoms. The first-order chi connectivity index (χ1) is 13.9. The minimum absolute atomic E-state index is 0.110. The largest absolute Gasteiger partial charge is 0.377 e. The van der Waals surface area contributed by atoms with E-state index in [4.69, 9.17) is 4.74 Å². The molecule has 0 saturated heterocycles. The molecule has 2 heterocycles. The van der Waals surface area contributed by atoms with Crippen molar-refractivity contribution in [2.24, 2.45) is 0 Å². The Morgan fingerprint density at radius 3 is 1.17 bits per heavy atom. The molecule has 29 heavy (non-hydrogen) atoms. The zero-order valence-electron chi connectivity index (χ0n) is 16.1. The molecule has 0 radical (unpaired) electrons. The van der Waals surface area contributed by atoms with E-state index in [1.165, 1.54) is 9.80 Å². The van der Waals surface area contributed by atoms with Crippen LogP contribution in [-0.4, -0.2) is 58.7 Å². The fraction of sp³-hybridized carbons (Fsp3) is 0.273. The standard InChI is InChI=1S/C22H20N2O5/c1-13(23-19(25)15-7-3-4-8-16(15)20(23)26)11-29-12-14(2)24-21(27)17-9-5-6-10-18(17)22(24)28/h3-10,13-14H,11-12H2,1-2H3. The fourth-order valence-electron chi connectivity index (χ4n) is 3.77. The van der Waals surface area contributed by atoms with Crippen LogP contribution < -0.4 is 0 Å². The molecule has 2 aromatic carbocycles. The SMILES string of the molecule is CC(COCC(C)N1C(=O)c2ccccc2C1=O)N1C(=O)c2ccccc2C1=O. The third-order valence-corrected chi connectivity index (χ3v) is 5.25. The van der Waals surface area contributed by atoms with Crippen LogP contribution in [0, 0.1) is 0 Å². The van der Waals surface area contributed by atoms with E-state index in [1.54, 1.807) is 62.4 Å². The lowest BCUT2D eigenvalue weighted by Gasteiger charge is -2.25. The fourth-order valence-corrected chi connectivity index (χ4v) is 3.77. The van der Waals surface area contributed by atoms with Crippen molar-refractivity contribution in [2.75, 3.05) is 13.2 Å². The van der Waals surface area contributed by atoms with Gasteiger partial charge in [-0.05, 0) is 38.1 Å². The molecule has 2 atom stereocenters. The Bertz CT molecular complexity index is 880. The van der Waals surface area contributed by atoms with Gasteiger partial charge in [-0.1, -0.05) is 24.3 Å². The summed E-state index contributed by atoms with van der Waals surface area (Å²) < 4.78 is 5.68. The Morgan fingerprint density at radius 2 is 0.897 bits per heavy atom. The third-order valence-electron chi connectivity index (χ3n) is 5.25. The second kappa shape index (κ2) is 7.25. The van der Waals surface area contributed by atoms with Gasteiger partial charge < -0.3 is 4.74 Å². The highest BCUT2D eigenvalue weighted by molar-refractivity contribution is 6.22. The summed E-state index contributed by atoms with van der Waals surface area (Å²) in [6, 6.07) is 12.5. The van der Waals surface area contributed by atoms with Gasteiger partial charge in [-0.2, -0.15) is 0 Å². The summed E-state index contributed by atoms with van der Waals surface area (Å²) in [6.45, 7) is 3.68. The molecule has 0 aliphatic carbocycles. The number of carbonyl (C=O) groups excluding carboxylic acids is 4. The Labute approximate surface area is 167 Å². The minimum atomic E-state index is -0.475. The molecule has 0 fully saturated rings. The minimum Gasteiger partial charge on any atom is -0.377 e. The van der Waals surface area contributed by atoms with Crippen molar-refractivity contribution < 1.29 is 23.9 Å². The van der Waals surface area contributed by atoms with Crippen molar-refractivity contribution in [3.05, 3.63) is 70.8 Å². The maximum absolute atomic E-state index is 12.5. The zero-order valence-corrected chi connectivity index (χ0v) is 16.1. The number of hydrogen-bond acceptors (Lipinski definition) is 5. The van der Waals surface area contributed by atoms with Crippen LogP contribution >= 0.6 is 0 Å². The summed E-state index contributed by atoms with van der Waals surface area (Å²) in [4.78, 5) is 52.5. The van der Waals surface area contributed by atoms with Gasteiger partial charge in [0.1, 0.15) is 0 Å². The topological polar surface area (TPSA) is 84.0 Å². The first-order valence-electron chi connectivity index (χ1n) is 9.43. The van der Waals surface area contributed by atoms with Crippen molar-refractivity contribution in [2.45, 2.75) is 25.9 Å².